The number of hydrogen-bond donors (Lipinski definition) is 2. The van der Waals surface area contributed by atoms with Crippen LogP contribution in [0.1, 0.15) is 20.8 Å². The summed E-state index contributed by atoms with van der Waals surface area (Å²) in [6.07, 6.45) is 1.64. The first-order chi connectivity index (χ1) is 9.04. The minimum Gasteiger partial charge on any atom is -0.478 e. The number of aromatic carboxylic acids is 1. The summed E-state index contributed by atoms with van der Waals surface area (Å²) in [6, 6.07) is 6.16. The normalized spacial score (nSPS) is 13.2. The smallest absolute Gasteiger partial charge is 0.335 e. The molecule has 96 valence electrons. The molecule has 0 atom stereocenters. The van der Waals surface area contributed by atoms with Crippen LogP contribution < -0.4 is 5.32 Å². The highest BCUT2D eigenvalue weighted by Gasteiger charge is 2.21. The van der Waals surface area contributed by atoms with Gasteiger partial charge in [-0.25, -0.2) is 4.79 Å². The average Bonchev–Trinajstić information content (AvgIpc) is 2.66. The van der Waals surface area contributed by atoms with Crippen LogP contribution in [0.3, 0.4) is 0 Å². The number of nitrogens with one attached hydrogen (secondary N) is 1. The predicted octanol–water partition coefficient (Wildman–Crippen LogP) is 2.96. The molecule has 2 aromatic rings. The van der Waals surface area contributed by atoms with Gasteiger partial charge in [-0.1, -0.05) is 11.6 Å². The summed E-state index contributed by atoms with van der Waals surface area (Å²) < 4.78 is 1.66. The number of hydrogen-bond acceptors (Lipinski definition) is 3. The zero-order valence-corrected chi connectivity index (χ0v) is 11.0. The van der Waals surface area contributed by atoms with Crippen LogP contribution >= 0.6 is 23.5 Å². The summed E-state index contributed by atoms with van der Waals surface area (Å²) in [5, 5.41) is 12.1. The second kappa shape index (κ2) is 4.32. The molecule has 2 N–H and O–H groups in total. The Morgan fingerprint density at radius 3 is 2.89 bits per heavy atom. The molecule has 0 aliphatic carbocycles. The van der Waals surface area contributed by atoms with E-state index in [1.165, 1.54) is 24.1 Å². The number of anilines is 1. The molecule has 0 saturated heterocycles. The van der Waals surface area contributed by atoms with E-state index in [1.807, 2.05) is 0 Å². The number of nitrogens with zero attached hydrogens (tertiary/aromatic N) is 1. The van der Waals surface area contributed by atoms with Gasteiger partial charge in [-0.05, 0) is 36.2 Å². The maximum atomic E-state index is 12.0. The highest BCUT2D eigenvalue weighted by atomic mass is 35.5. The second-order valence-corrected chi connectivity index (χ2v) is 5.38. The van der Waals surface area contributed by atoms with E-state index in [1.54, 1.807) is 22.3 Å². The first-order valence-electron chi connectivity index (χ1n) is 5.29. The fraction of sp³-hybridized carbons (Fsp3) is 0. The standard InChI is InChI=1S/C12H7ClN2O3S/c13-7-4-9-11(16)14-8-3-6(12(17)18)1-2-10(8)19-15(9)5-7/h1-5H,(H,14,16)(H,17,18). The van der Waals surface area contributed by atoms with Crippen molar-refractivity contribution < 1.29 is 14.7 Å². The summed E-state index contributed by atoms with van der Waals surface area (Å²) in [6.45, 7) is 0. The largest absolute Gasteiger partial charge is 0.478 e. The molecule has 0 saturated carbocycles. The third-order valence-electron chi connectivity index (χ3n) is 2.66. The van der Waals surface area contributed by atoms with Crippen molar-refractivity contribution in [1.29, 1.82) is 0 Å². The summed E-state index contributed by atoms with van der Waals surface area (Å²) in [5.74, 6) is -1.35. The number of halogens is 1. The molecule has 7 heteroatoms. The van der Waals surface area contributed by atoms with Crippen LogP contribution in [0.25, 0.3) is 0 Å². The predicted molar refractivity (Wildman–Crippen MR) is 72.1 cm³/mol. The van der Waals surface area contributed by atoms with E-state index in [2.05, 4.69) is 5.32 Å². The number of amides is 1. The van der Waals surface area contributed by atoms with Crippen LogP contribution in [0.4, 0.5) is 5.69 Å². The van der Waals surface area contributed by atoms with E-state index in [0.29, 0.717) is 16.4 Å². The molecule has 0 spiro atoms. The van der Waals surface area contributed by atoms with Gasteiger partial charge in [0.25, 0.3) is 5.91 Å². The van der Waals surface area contributed by atoms with Crippen molar-refractivity contribution in [3.63, 3.8) is 0 Å². The first kappa shape index (κ1) is 12.1. The number of benzene rings is 1. The molecule has 0 radical (unpaired) electrons. The van der Waals surface area contributed by atoms with Gasteiger partial charge < -0.3 is 10.4 Å². The highest BCUT2D eigenvalue weighted by Crippen LogP contribution is 2.35. The first-order valence-corrected chi connectivity index (χ1v) is 6.44. The van der Waals surface area contributed by atoms with Crippen molar-refractivity contribution in [3.05, 3.63) is 46.7 Å². The topological polar surface area (TPSA) is 71.3 Å². The van der Waals surface area contributed by atoms with Gasteiger partial charge in [0.1, 0.15) is 5.69 Å². The molecule has 3 rings (SSSR count). The Balaban J connectivity index is 2.11. The van der Waals surface area contributed by atoms with E-state index < -0.39 is 5.97 Å². The number of carboxylic acids is 1. The Morgan fingerprint density at radius 2 is 2.16 bits per heavy atom. The van der Waals surface area contributed by atoms with Crippen molar-refractivity contribution >= 4 is 41.1 Å². The van der Waals surface area contributed by atoms with E-state index in [0.717, 1.165) is 4.90 Å². The number of carboxylic acid groups (broad SMARTS) is 1. The van der Waals surface area contributed by atoms with E-state index in [4.69, 9.17) is 16.7 Å². The molecule has 1 amide bonds. The Hall–Kier alpha value is -1.92. The second-order valence-electron chi connectivity index (χ2n) is 3.93. The molecule has 5 nitrogen and oxygen atoms in total. The minimum absolute atomic E-state index is 0.129. The number of fused-ring (bicyclic) bond motifs is 2. The van der Waals surface area contributed by atoms with Gasteiger partial charge in [0, 0.05) is 6.20 Å². The lowest BCUT2D eigenvalue weighted by Gasteiger charge is -2.06. The third kappa shape index (κ3) is 2.09. The third-order valence-corrected chi connectivity index (χ3v) is 3.91. The van der Waals surface area contributed by atoms with Gasteiger partial charge in [0.05, 0.1) is 21.2 Å². The Kier molecular flexibility index (Phi) is 2.76. The van der Waals surface area contributed by atoms with Gasteiger partial charge in [-0.2, -0.15) is 0 Å². The van der Waals surface area contributed by atoms with Crippen molar-refractivity contribution in [2.45, 2.75) is 4.90 Å². The number of rotatable bonds is 1. The van der Waals surface area contributed by atoms with Crippen LogP contribution in [0.15, 0.2) is 35.4 Å². The molecule has 0 bridgehead atoms. The molecule has 1 aromatic heterocycles. The van der Waals surface area contributed by atoms with Crippen LogP contribution in [-0.4, -0.2) is 21.0 Å². The van der Waals surface area contributed by atoms with Gasteiger partial charge >= 0.3 is 5.97 Å². The van der Waals surface area contributed by atoms with Crippen molar-refractivity contribution in [2.24, 2.45) is 0 Å². The average molecular weight is 295 g/mol. The molecule has 1 aromatic carbocycles. The summed E-state index contributed by atoms with van der Waals surface area (Å²) in [5.41, 5.74) is 1.03. The quantitative estimate of drug-likeness (QED) is 0.848. The molecule has 0 fully saturated rings. The van der Waals surface area contributed by atoms with Crippen LogP contribution in [-0.2, 0) is 0 Å². The van der Waals surface area contributed by atoms with Gasteiger partial charge in [0.2, 0.25) is 0 Å². The Morgan fingerprint density at radius 1 is 1.37 bits per heavy atom. The van der Waals surface area contributed by atoms with Crippen molar-refractivity contribution in [3.8, 4) is 0 Å². The Bertz CT molecular complexity index is 711. The zero-order chi connectivity index (χ0) is 13.6. The van der Waals surface area contributed by atoms with Crippen LogP contribution in [0, 0.1) is 0 Å². The summed E-state index contributed by atoms with van der Waals surface area (Å²) in [7, 11) is 0. The zero-order valence-electron chi connectivity index (χ0n) is 9.38. The number of aromatic nitrogens is 1. The molecular weight excluding hydrogens is 288 g/mol. The number of carbonyl (C=O) groups is 2. The van der Waals surface area contributed by atoms with Crippen LogP contribution in [0.5, 0.6) is 0 Å². The lowest BCUT2D eigenvalue weighted by atomic mass is 10.2. The summed E-state index contributed by atoms with van der Waals surface area (Å²) >= 11 is 7.18. The summed E-state index contributed by atoms with van der Waals surface area (Å²) in [4.78, 5) is 23.7. The Labute approximate surface area is 117 Å². The van der Waals surface area contributed by atoms with E-state index in [-0.39, 0.29) is 11.5 Å². The maximum Gasteiger partial charge on any atom is 0.335 e. The van der Waals surface area contributed by atoms with Gasteiger partial charge in [-0.15, -0.1) is 0 Å². The van der Waals surface area contributed by atoms with E-state index in [9.17, 15) is 9.59 Å². The van der Waals surface area contributed by atoms with Crippen molar-refractivity contribution in [2.75, 3.05) is 5.32 Å². The molecular formula is C12H7ClN2O3S. The fourth-order valence-corrected chi connectivity index (χ4v) is 2.99. The van der Waals surface area contributed by atoms with Crippen molar-refractivity contribution in [1.82, 2.24) is 3.97 Å². The van der Waals surface area contributed by atoms with Gasteiger partial charge in [-0.3, -0.25) is 8.77 Å². The lowest BCUT2D eigenvalue weighted by molar-refractivity contribution is 0.0696. The van der Waals surface area contributed by atoms with Crippen LogP contribution in [0.2, 0.25) is 5.02 Å². The fourth-order valence-electron chi connectivity index (χ4n) is 1.79. The van der Waals surface area contributed by atoms with Gasteiger partial charge in [0.15, 0.2) is 0 Å². The minimum atomic E-state index is -1.03. The highest BCUT2D eigenvalue weighted by molar-refractivity contribution is 7.98. The number of carbonyl (C=O) groups excluding carboxylic acids is 1. The molecule has 2 heterocycles. The van der Waals surface area contributed by atoms with E-state index >= 15 is 0 Å². The molecule has 1 aliphatic heterocycles. The molecule has 0 unspecified atom stereocenters. The molecule has 19 heavy (non-hydrogen) atoms. The molecule has 1 aliphatic rings. The maximum absolute atomic E-state index is 12.0. The SMILES string of the molecule is O=C(O)c1ccc2c(c1)NC(=O)c1cc(Cl)cn1S2. The monoisotopic (exact) mass is 294 g/mol. The lowest BCUT2D eigenvalue weighted by Crippen LogP contribution is -2.12.